The third kappa shape index (κ3) is 4.05. The lowest BCUT2D eigenvalue weighted by Gasteiger charge is -2.00. The summed E-state index contributed by atoms with van der Waals surface area (Å²) in [7, 11) is 0. The van der Waals surface area contributed by atoms with Gasteiger partial charge < -0.3 is 0 Å². The monoisotopic (exact) mass is 327 g/mol. The fourth-order valence-electron chi connectivity index (χ4n) is 1.38. The molecule has 0 N–H and O–H groups in total. The maximum atomic E-state index is 8.48. The van der Waals surface area contributed by atoms with Gasteiger partial charge in [0.05, 0.1) is 11.8 Å². The van der Waals surface area contributed by atoms with Gasteiger partial charge in [-0.3, -0.25) is 0 Å². The number of thioether (sulfide) groups is 1. The van der Waals surface area contributed by atoms with Crippen molar-refractivity contribution in [2.45, 2.75) is 17.2 Å². The molecule has 1 aromatic heterocycles. The van der Waals surface area contributed by atoms with Crippen molar-refractivity contribution in [1.82, 2.24) is 9.78 Å². The SMILES string of the molecule is N#CCCCSc1nn(-c2ccc(Cl)cc2)c(=S)s1. The van der Waals surface area contributed by atoms with Crippen molar-refractivity contribution >= 4 is 46.9 Å². The second-order valence-electron chi connectivity index (χ2n) is 3.63. The zero-order chi connectivity index (χ0) is 13.7. The summed E-state index contributed by atoms with van der Waals surface area (Å²) in [5.74, 6) is 0.885. The molecule has 0 aliphatic heterocycles. The van der Waals surface area contributed by atoms with Gasteiger partial charge in [-0.2, -0.15) is 5.26 Å². The summed E-state index contributed by atoms with van der Waals surface area (Å²) in [6.45, 7) is 0. The van der Waals surface area contributed by atoms with Crippen molar-refractivity contribution in [3.63, 3.8) is 0 Å². The Hall–Kier alpha value is -0.870. The van der Waals surface area contributed by atoms with Crippen LogP contribution in [0.25, 0.3) is 5.69 Å². The molecule has 2 aromatic rings. The number of rotatable bonds is 5. The Morgan fingerprint density at radius 3 is 2.84 bits per heavy atom. The first-order chi connectivity index (χ1) is 9.20. The summed E-state index contributed by atoms with van der Waals surface area (Å²) in [5.41, 5.74) is 0.912. The van der Waals surface area contributed by atoms with Gasteiger partial charge >= 0.3 is 0 Å². The van der Waals surface area contributed by atoms with Crippen LogP contribution in [0.15, 0.2) is 28.6 Å². The molecule has 3 nitrogen and oxygen atoms in total. The highest BCUT2D eigenvalue weighted by atomic mass is 35.5. The Bertz CT molecular complexity index is 639. The number of unbranched alkanes of at least 4 members (excludes halogenated alkanes) is 1. The fourth-order valence-corrected chi connectivity index (χ4v) is 3.87. The minimum absolute atomic E-state index is 0.580. The summed E-state index contributed by atoms with van der Waals surface area (Å²) < 4.78 is 3.38. The van der Waals surface area contributed by atoms with Crippen LogP contribution >= 0.6 is 46.9 Å². The van der Waals surface area contributed by atoms with E-state index in [2.05, 4.69) is 11.2 Å². The molecule has 0 atom stereocenters. The predicted molar refractivity (Wildman–Crippen MR) is 82.9 cm³/mol. The lowest BCUT2D eigenvalue weighted by Crippen LogP contribution is -1.95. The van der Waals surface area contributed by atoms with Gasteiger partial charge in [-0.15, -0.1) is 5.10 Å². The Labute approximate surface area is 129 Å². The van der Waals surface area contributed by atoms with Crippen molar-refractivity contribution in [3.8, 4) is 11.8 Å². The topological polar surface area (TPSA) is 41.6 Å². The zero-order valence-electron chi connectivity index (χ0n) is 9.88. The Morgan fingerprint density at radius 2 is 2.16 bits per heavy atom. The van der Waals surface area contributed by atoms with Gasteiger partial charge in [-0.25, -0.2) is 4.68 Å². The first-order valence-electron chi connectivity index (χ1n) is 5.56. The molecule has 0 fully saturated rings. The Morgan fingerprint density at radius 1 is 1.42 bits per heavy atom. The predicted octanol–water partition coefficient (Wildman–Crippen LogP) is 4.71. The largest absolute Gasteiger partial charge is 0.211 e. The van der Waals surface area contributed by atoms with Crippen molar-refractivity contribution in [2.24, 2.45) is 0 Å². The van der Waals surface area contributed by atoms with Gasteiger partial charge in [-0.05, 0) is 42.9 Å². The van der Waals surface area contributed by atoms with Crippen molar-refractivity contribution < 1.29 is 0 Å². The molecule has 2 rings (SSSR count). The molecule has 0 bridgehead atoms. The summed E-state index contributed by atoms with van der Waals surface area (Å²) in [5, 5.41) is 13.6. The lowest BCUT2D eigenvalue weighted by molar-refractivity contribution is 0.828. The molecule has 0 spiro atoms. The minimum Gasteiger partial charge on any atom is -0.211 e. The molecule has 7 heteroatoms. The number of nitriles is 1. The number of nitrogens with zero attached hydrogens (tertiary/aromatic N) is 3. The highest BCUT2D eigenvalue weighted by molar-refractivity contribution is 8.01. The highest BCUT2D eigenvalue weighted by Gasteiger charge is 2.06. The molecule has 0 unspecified atom stereocenters. The average molecular weight is 328 g/mol. The molecular formula is C12H10ClN3S3. The van der Waals surface area contributed by atoms with Gasteiger partial charge in [0.15, 0.2) is 8.29 Å². The van der Waals surface area contributed by atoms with Crippen LogP contribution < -0.4 is 0 Å². The summed E-state index contributed by atoms with van der Waals surface area (Å²) in [6.07, 6.45) is 1.45. The van der Waals surface area contributed by atoms with Gasteiger partial charge in [0.2, 0.25) is 0 Å². The first-order valence-corrected chi connectivity index (χ1v) is 8.15. The molecule has 0 saturated heterocycles. The van der Waals surface area contributed by atoms with Crippen molar-refractivity contribution in [1.29, 1.82) is 5.26 Å². The normalized spacial score (nSPS) is 10.3. The van der Waals surface area contributed by atoms with E-state index in [1.54, 1.807) is 16.4 Å². The maximum Gasteiger partial charge on any atom is 0.184 e. The number of hydrogen-bond acceptors (Lipinski definition) is 5. The number of hydrogen-bond donors (Lipinski definition) is 0. The minimum atomic E-state index is 0.580. The maximum absolute atomic E-state index is 8.48. The molecule has 98 valence electrons. The average Bonchev–Trinajstić information content (AvgIpc) is 2.77. The van der Waals surface area contributed by atoms with Gasteiger partial charge in [0, 0.05) is 17.2 Å². The van der Waals surface area contributed by atoms with E-state index in [9.17, 15) is 0 Å². The van der Waals surface area contributed by atoms with Crippen LogP contribution in [0.1, 0.15) is 12.8 Å². The molecule has 0 amide bonds. The Balaban J connectivity index is 2.11. The molecule has 1 aromatic carbocycles. The molecular weight excluding hydrogens is 318 g/mol. The highest BCUT2D eigenvalue weighted by Crippen LogP contribution is 2.25. The third-order valence-electron chi connectivity index (χ3n) is 2.26. The van der Waals surface area contributed by atoms with Crippen LogP contribution in [0.4, 0.5) is 0 Å². The van der Waals surface area contributed by atoms with E-state index in [0.717, 1.165) is 22.2 Å². The molecule has 0 radical (unpaired) electrons. The van der Waals surface area contributed by atoms with Gasteiger partial charge in [0.25, 0.3) is 0 Å². The van der Waals surface area contributed by atoms with E-state index in [0.29, 0.717) is 15.4 Å². The molecule has 0 aliphatic carbocycles. The van der Waals surface area contributed by atoms with Crippen LogP contribution in [0.3, 0.4) is 0 Å². The Kier molecular flexibility index (Phi) is 5.40. The van der Waals surface area contributed by atoms with Crippen molar-refractivity contribution in [2.75, 3.05) is 5.75 Å². The summed E-state index contributed by atoms with van der Waals surface area (Å²) >= 11 is 14.3. The van der Waals surface area contributed by atoms with E-state index in [4.69, 9.17) is 29.1 Å². The van der Waals surface area contributed by atoms with E-state index < -0.39 is 0 Å². The fraction of sp³-hybridized carbons (Fsp3) is 0.250. The van der Waals surface area contributed by atoms with E-state index in [-0.39, 0.29) is 0 Å². The smallest absolute Gasteiger partial charge is 0.184 e. The first kappa shape index (κ1) is 14.5. The van der Waals surface area contributed by atoms with Crippen LogP contribution in [0.5, 0.6) is 0 Å². The van der Waals surface area contributed by atoms with Crippen LogP contribution in [0, 0.1) is 15.3 Å². The third-order valence-corrected chi connectivity index (χ3v) is 4.96. The van der Waals surface area contributed by atoms with Gasteiger partial charge in [-0.1, -0.05) is 34.7 Å². The standard InChI is InChI=1S/C12H10ClN3S3/c13-9-3-5-10(6-4-9)16-12(17)19-11(15-16)18-8-2-1-7-14/h3-6H,1-2,8H2. The van der Waals surface area contributed by atoms with Crippen LogP contribution in [-0.2, 0) is 0 Å². The summed E-state index contributed by atoms with van der Waals surface area (Å²) in [6, 6.07) is 9.55. The summed E-state index contributed by atoms with van der Waals surface area (Å²) in [4.78, 5) is 0. The quantitative estimate of drug-likeness (QED) is 0.453. The van der Waals surface area contributed by atoms with E-state index in [1.165, 1.54) is 11.3 Å². The number of halogens is 1. The van der Waals surface area contributed by atoms with E-state index >= 15 is 0 Å². The van der Waals surface area contributed by atoms with Gasteiger partial charge in [0.1, 0.15) is 0 Å². The van der Waals surface area contributed by atoms with Crippen LogP contribution in [0.2, 0.25) is 5.02 Å². The number of aromatic nitrogens is 2. The van der Waals surface area contributed by atoms with E-state index in [1.807, 2.05) is 24.3 Å². The second-order valence-corrected chi connectivity index (χ2v) is 7.03. The number of benzene rings is 1. The molecule has 1 heterocycles. The van der Waals surface area contributed by atoms with Crippen molar-refractivity contribution in [3.05, 3.63) is 33.2 Å². The molecule has 19 heavy (non-hydrogen) atoms. The second kappa shape index (κ2) is 7.06. The molecule has 0 saturated carbocycles. The van der Waals surface area contributed by atoms with Crippen LogP contribution in [-0.4, -0.2) is 15.5 Å². The molecule has 0 aliphatic rings. The lowest BCUT2D eigenvalue weighted by atomic mass is 10.3. The zero-order valence-corrected chi connectivity index (χ0v) is 13.1.